The van der Waals surface area contributed by atoms with Crippen LogP contribution >= 0.6 is 0 Å². The minimum absolute atomic E-state index is 0.209. The van der Waals surface area contributed by atoms with Gasteiger partial charge in [0.1, 0.15) is 5.75 Å². The molecule has 0 aliphatic heterocycles. The van der Waals surface area contributed by atoms with E-state index in [0.717, 1.165) is 16.5 Å². The third-order valence-corrected chi connectivity index (χ3v) is 2.14. The molecule has 0 saturated carbocycles. The number of rotatable bonds is 2. The predicted octanol–water partition coefficient (Wildman–Crippen LogP) is 2.09. The normalized spacial score (nSPS) is 10.6. The van der Waals surface area contributed by atoms with E-state index >= 15 is 0 Å². The van der Waals surface area contributed by atoms with Crippen LogP contribution in [0.1, 0.15) is 5.69 Å². The number of methoxy groups -OCH3 is 1. The molecule has 0 aliphatic carbocycles. The maximum absolute atomic E-state index is 9.56. The molecule has 1 aromatic carbocycles. The summed E-state index contributed by atoms with van der Waals surface area (Å²) in [6.07, 6.45) is 1.46. The molecule has 0 saturated heterocycles. The lowest BCUT2D eigenvalue weighted by molar-refractivity contribution is 0.182. The zero-order valence-electron chi connectivity index (χ0n) is 7.90. The van der Waals surface area contributed by atoms with Gasteiger partial charge in [-0.2, -0.15) is 0 Å². The highest BCUT2D eigenvalue weighted by atomic mass is 16.5. The van der Waals surface area contributed by atoms with E-state index in [1.807, 2.05) is 24.3 Å². The third-order valence-electron chi connectivity index (χ3n) is 2.14. The van der Waals surface area contributed by atoms with Crippen molar-refractivity contribution in [1.29, 1.82) is 0 Å². The summed E-state index contributed by atoms with van der Waals surface area (Å²) >= 11 is 0. The van der Waals surface area contributed by atoms with E-state index in [9.17, 15) is 5.11 Å². The van der Waals surface area contributed by atoms with Gasteiger partial charge in [0.25, 0.3) is 0 Å². The van der Waals surface area contributed by atoms with Gasteiger partial charge in [-0.3, -0.25) is 4.98 Å². The van der Waals surface area contributed by atoms with E-state index < -0.39 is 0 Å². The molecular formula is C11H11NO2. The van der Waals surface area contributed by atoms with Crippen LogP contribution in [0.4, 0.5) is 0 Å². The molecule has 0 unspecified atom stereocenters. The quantitative estimate of drug-likeness (QED) is 0.786. The lowest BCUT2D eigenvalue weighted by Crippen LogP contribution is -1.93. The summed E-state index contributed by atoms with van der Waals surface area (Å²) in [5.74, 6) is 0.209. The molecule has 0 bridgehead atoms. The molecule has 72 valence electrons. The predicted molar refractivity (Wildman–Crippen MR) is 54.1 cm³/mol. The maximum Gasteiger partial charge on any atom is 0.141 e. The highest BCUT2D eigenvalue weighted by molar-refractivity contribution is 5.89. The first-order chi connectivity index (χ1) is 6.83. The first-order valence-electron chi connectivity index (χ1n) is 4.37. The Balaban J connectivity index is 2.68. The number of nitrogens with zero attached hydrogens (tertiary/aromatic N) is 1. The Morgan fingerprint density at radius 3 is 2.71 bits per heavy atom. The van der Waals surface area contributed by atoms with Crippen molar-refractivity contribution >= 4 is 10.8 Å². The fourth-order valence-electron chi connectivity index (χ4n) is 1.49. The number of hydrogen-bond donors (Lipinski definition) is 1. The Bertz CT molecular complexity index is 454. The van der Waals surface area contributed by atoms with Gasteiger partial charge in [0, 0.05) is 17.9 Å². The van der Waals surface area contributed by atoms with E-state index in [4.69, 9.17) is 4.74 Å². The number of pyridine rings is 1. The van der Waals surface area contributed by atoms with Gasteiger partial charge in [-0.1, -0.05) is 24.3 Å². The zero-order chi connectivity index (χ0) is 9.97. The van der Waals surface area contributed by atoms with Crippen LogP contribution in [0.5, 0.6) is 5.75 Å². The van der Waals surface area contributed by atoms with Crippen LogP contribution < -0.4 is 0 Å². The van der Waals surface area contributed by atoms with Gasteiger partial charge in [0.15, 0.2) is 0 Å². The standard InChI is InChI=1S/C11H11NO2/c1-14-7-10-8-4-2-3-5-9(8)11(13)6-12-10/h2-6,13H,7H2,1H3. The number of fused-ring (bicyclic) bond motifs is 1. The molecule has 1 N–H and O–H groups in total. The summed E-state index contributed by atoms with van der Waals surface area (Å²) in [7, 11) is 1.63. The van der Waals surface area contributed by atoms with Crippen molar-refractivity contribution in [2.75, 3.05) is 7.11 Å². The summed E-state index contributed by atoms with van der Waals surface area (Å²) < 4.78 is 5.03. The van der Waals surface area contributed by atoms with Gasteiger partial charge in [-0.05, 0) is 0 Å². The van der Waals surface area contributed by atoms with E-state index in [0.29, 0.717) is 6.61 Å². The second-order valence-corrected chi connectivity index (χ2v) is 3.07. The smallest absolute Gasteiger partial charge is 0.141 e. The number of hydrogen-bond acceptors (Lipinski definition) is 3. The van der Waals surface area contributed by atoms with E-state index in [2.05, 4.69) is 4.98 Å². The average Bonchev–Trinajstić information content (AvgIpc) is 2.23. The van der Waals surface area contributed by atoms with E-state index in [1.54, 1.807) is 7.11 Å². The topological polar surface area (TPSA) is 42.4 Å². The molecule has 2 rings (SSSR count). The van der Waals surface area contributed by atoms with Gasteiger partial charge in [-0.25, -0.2) is 0 Å². The molecule has 1 aromatic heterocycles. The first-order valence-corrected chi connectivity index (χ1v) is 4.37. The van der Waals surface area contributed by atoms with Crippen LogP contribution in [0.2, 0.25) is 0 Å². The minimum Gasteiger partial charge on any atom is -0.506 e. The van der Waals surface area contributed by atoms with Gasteiger partial charge < -0.3 is 9.84 Å². The van der Waals surface area contributed by atoms with Crippen LogP contribution in [0.25, 0.3) is 10.8 Å². The average molecular weight is 189 g/mol. The largest absolute Gasteiger partial charge is 0.506 e. The Morgan fingerprint density at radius 2 is 2.00 bits per heavy atom. The summed E-state index contributed by atoms with van der Waals surface area (Å²) in [6, 6.07) is 7.60. The molecule has 1 heterocycles. The minimum atomic E-state index is 0.209. The van der Waals surface area contributed by atoms with Crippen LogP contribution in [-0.2, 0) is 11.3 Å². The Labute approximate surface area is 82.0 Å². The van der Waals surface area contributed by atoms with E-state index in [-0.39, 0.29) is 5.75 Å². The lowest BCUT2D eigenvalue weighted by atomic mass is 10.1. The SMILES string of the molecule is COCc1ncc(O)c2ccccc12. The van der Waals surface area contributed by atoms with Crippen molar-refractivity contribution in [2.24, 2.45) is 0 Å². The first kappa shape index (κ1) is 8.97. The molecule has 0 amide bonds. The third kappa shape index (κ3) is 1.42. The summed E-state index contributed by atoms with van der Waals surface area (Å²) in [6.45, 7) is 0.459. The monoisotopic (exact) mass is 189 g/mol. The highest BCUT2D eigenvalue weighted by Crippen LogP contribution is 2.25. The molecule has 0 aliphatic rings. The molecule has 0 atom stereocenters. The Kier molecular flexibility index (Phi) is 2.33. The molecule has 14 heavy (non-hydrogen) atoms. The Hall–Kier alpha value is -1.61. The van der Waals surface area contributed by atoms with Gasteiger partial charge in [0.2, 0.25) is 0 Å². The van der Waals surface area contributed by atoms with Crippen LogP contribution in [0.15, 0.2) is 30.5 Å². The van der Waals surface area contributed by atoms with E-state index in [1.165, 1.54) is 6.20 Å². The molecule has 0 fully saturated rings. The molecule has 3 nitrogen and oxygen atoms in total. The van der Waals surface area contributed by atoms with Crippen molar-refractivity contribution in [3.63, 3.8) is 0 Å². The van der Waals surface area contributed by atoms with Crippen LogP contribution in [0, 0.1) is 0 Å². The molecule has 2 aromatic rings. The zero-order valence-corrected chi connectivity index (χ0v) is 7.90. The van der Waals surface area contributed by atoms with Gasteiger partial charge in [0.05, 0.1) is 18.5 Å². The summed E-state index contributed by atoms with van der Waals surface area (Å²) in [4.78, 5) is 4.12. The van der Waals surface area contributed by atoms with Crippen molar-refractivity contribution in [3.8, 4) is 5.75 Å². The molecule has 3 heteroatoms. The van der Waals surface area contributed by atoms with Crippen molar-refractivity contribution in [1.82, 2.24) is 4.98 Å². The number of aromatic hydroxyl groups is 1. The lowest BCUT2D eigenvalue weighted by Gasteiger charge is -2.05. The molecule has 0 radical (unpaired) electrons. The van der Waals surface area contributed by atoms with Gasteiger partial charge >= 0.3 is 0 Å². The second kappa shape index (κ2) is 3.64. The summed E-state index contributed by atoms with van der Waals surface area (Å²) in [5.41, 5.74) is 0.848. The van der Waals surface area contributed by atoms with Crippen LogP contribution in [-0.4, -0.2) is 17.2 Å². The number of aromatic nitrogens is 1. The molecular weight excluding hydrogens is 178 g/mol. The van der Waals surface area contributed by atoms with Crippen molar-refractivity contribution < 1.29 is 9.84 Å². The molecule has 0 spiro atoms. The Morgan fingerprint density at radius 1 is 1.29 bits per heavy atom. The maximum atomic E-state index is 9.56. The summed E-state index contributed by atoms with van der Waals surface area (Å²) in [5, 5.41) is 11.3. The van der Waals surface area contributed by atoms with Crippen LogP contribution in [0.3, 0.4) is 0 Å². The fourth-order valence-corrected chi connectivity index (χ4v) is 1.49. The highest BCUT2D eigenvalue weighted by Gasteiger charge is 2.04. The fraction of sp³-hybridized carbons (Fsp3) is 0.182. The second-order valence-electron chi connectivity index (χ2n) is 3.07. The van der Waals surface area contributed by atoms with Crippen molar-refractivity contribution in [3.05, 3.63) is 36.2 Å². The van der Waals surface area contributed by atoms with Crippen molar-refractivity contribution in [2.45, 2.75) is 6.61 Å². The van der Waals surface area contributed by atoms with Gasteiger partial charge in [-0.15, -0.1) is 0 Å². The number of benzene rings is 1. The number of ether oxygens (including phenoxy) is 1.